The van der Waals surface area contributed by atoms with E-state index in [0.29, 0.717) is 5.56 Å². The van der Waals surface area contributed by atoms with Crippen LogP contribution in [0.2, 0.25) is 0 Å². The van der Waals surface area contributed by atoms with E-state index in [2.05, 4.69) is 11.8 Å². The van der Waals surface area contributed by atoms with Gasteiger partial charge in [-0.1, -0.05) is 32.0 Å². The third-order valence-electron chi connectivity index (χ3n) is 4.05. The molecule has 0 radical (unpaired) electrons. The molecule has 3 heteroatoms. The van der Waals surface area contributed by atoms with Gasteiger partial charge in [0.25, 0.3) is 0 Å². The maximum atomic E-state index is 13.7. The molecule has 19 heavy (non-hydrogen) atoms. The molecule has 1 aromatic carbocycles. The van der Waals surface area contributed by atoms with Gasteiger partial charge in [0.15, 0.2) is 0 Å². The Morgan fingerprint density at radius 3 is 2.84 bits per heavy atom. The Morgan fingerprint density at radius 1 is 1.42 bits per heavy atom. The molecule has 1 aromatic rings. The van der Waals surface area contributed by atoms with Crippen molar-refractivity contribution in [3.05, 3.63) is 35.6 Å². The van der Waals surface area contributed by atoms with Crippen molar-refractivity contribution in [3.63, 3.8) is 0 Å². The maximum absolute atomic E-state index is 13.7. The summed E-state index contributed by atoms with van der Waals surface area (Å²) in [5, 5.41) is 10.3. The minimum atomic E-state index is -0.724. The van der Waals surface area contributed by atoms with Gasteiger partial charge in [0.05, 0.1) is 6.10 Å². The Morgan fingerprint density at radius 2 is 2.16 bits per heavy atom. The van der Waals surface area contributed by atoms with E-state index in [-0.39, 0.29) is 11.7 Å². The molecule has 0 spiro atoms. The topological polar surface area (TPSA) is 23.5 Å². The van der Waals surface area contributed by atoms with E-state index in [9.17, 15) is 9.50 Å². The first-order chi connectivity index (χ1) is 9.08. The lowest BCUT2D eigenvalue weighted by Crippen LogP contribution is -2.38. The van der Waals surface area contributed by atoms with Gasteiger partial charge < -0.3 is 10.0 Å². The molecule has 2 nitrogen and oxygen atoms in total. The molecule has 0 bridgehead atoms. The van der Waals surface area contributed by atoms with Gasteiger partial charge in [-0.15, -0.1) is 0 Å². The van der Waals surface area contributed by atoms with Gasteiger partial charge >= 0.3 is 0 Å². The maximum Gasteiger partial charge on any atom is 0.129 e. The van der Waals surface area contributed by atoms with Crippen molar-refractivity contribution in [2.24, 2.45) is 11.8 Å². The van der Waals surface area contributed by atoms with Crippen LogP contribution >= 0.6 is 0 Å². The van der Waals surface area contributed by atoms with Crippen molar-refractivity contribution >= 4 is 0 Å². The first kappa shape index (κ1) is 14.5. The fourth-order valence-electron chi connectivity index (χ4n) is 2.98. The van der Waals surface area contributed by atoms with E-state index in [1.165, 1.54) is 18.9 Å². The predicted molar refractivity (Wildman–Crippen MR) is 75.4 cm³/mol. The number of hydrogen-bond acceptors (Lipinski definition) is 2. The minimum Gasteiger partial charge on any atom is -0.388 e. The van der Waals surface area contributed by atoms with E-state index in [1.54, 1.807) is 18.2 Å². The number of nitrogens with zero attached hydrogens (tertiary/aromatic N) is 1. The Labute approximate surface area is 115 Å². The van der Waals surface area contributed by atoms with E-state index in [4.69, 9.17) is 0 Å². The van der Waals surface area contributed by atoms with Crippen molar-refractivity contribution < 1.29 is 9.50 Å². The molecule has 1 fully saturated rings. The molecule has 1 aliphatic rings. The summed E-state index contributed by atoms with van der Waals surface area (Å²) in [6.07, 6.45) is 1.79. The fourth-order valence-corrected chi connectivity index (χ4v) is 2.98. The highest BCUT2D eigenvalue weighted by atomic mass is 19.1. The number of halogens is 1. The van der Waals surface area contributed by atoms with E-state index in [1.807, 2.05) is 6.92 Å². The Balaban J connectivity index is 1.95. The van der Waals surface area contributed by atoms with Crippen molar-refractivity contribution in [3.8, 4) is 0 Å². The molecule has 2 rings (SSSR count). The second-order valence-electron chi connectivity index (χ2n) is 5.95. The Kier molecular flexibility index (Phi) is 4.94. The molecule has 3 unspecified atom stereocenters. The predicted octanol–water partition coefficient (Wildman–Crippen LogP) is 3.23. The van der Waals surface area contributed by atoms with Crippen LogP contribution in [-0.2, 0) is 0 Å². The third-order valence-corrected chi connectivity index (χ3v) is 4.05. The van der Waals surface area contributed by atoms with E-state index >= 15 is 0 Å². The molecule has 1 aliphatic heterocycles. The lowest BCUT2D eigenvalue weighted by Gasteiger charge is -2.34. The second-order valence-corrected chi connectivity index (χ2v) is 5.95. The molecule has 3 atom stereocenters. The number of rotatable bonds is 4. The summed E-state index contributed by atoms with van der Waals surface area (Å²) in [7, 11) is 0. The highest BCUT2D eigenvalue weighted by molar-refractivity contribution is 5.20. The van der Waals surface area contributed by atoms with Gasteiger partial charge in [0.1, 0.15) is 5.82 Å². The molecular formula is C16H24FNO. The van der Waals surface area contributed by atoms with Gasteiger partial charge in [-0.3, -0.25) is 0 Å². The SMILES string of the molecule is CC1CCCN(CC(C)C(O)c2ccccc2F)C1. The number of benzene rings is 1. The van der Waals surface area contributed by atoms with Gasteiger partial charge in [-0.2, -0.15) is 0 Å². The number of piperidine rings is 1. The molecule has 1 saturated heterocycles. The van der Waals surface area contributed by atoms with Crippen molar-refractivity contribution in [1.82, 2.24) is 4.90 Å². The van der Waals surface area contributed by atoms with Gasteiger partial charge in [-0.05, 0) is 37.3 Å². The van der Waals surface area contributed by atoms with Crippen LogP contribution in [0.3, 0.4) is 0 Å². The van der Waals surface area contributed by atoms with Crippen LogP contribution < -0.4 is 0 Å². The van der Waals surface area contributed by atoms with Gasteiger partial charge in [0, 0.05) is 18.7 Å². The van der Waals surface area contributed by atoms with Crippen molar-refractivity contribution in [1.29, 1.82) is 0 Å². The highest BCUT2D eigenvalue weighted by Crippen LogP contribution is 2.26. The number of aliphatic hydroxyl groups excluding tert-OH is 1. The van der Waals surface area contributed by atoms with Crippen LogP contribution in [0.15, 0.2) is 24.3 Å². The second kappa shape index (κ2) is 6.49. The van der Waals surface area contributed by atoms with Crippen LogP contribution in [0.1, 0.15) is 38.4 Å². The van der Waals surface area contributed by atoms with Crippen LogP contribution in [0.25, 0.3) is 0 Å². The molecule has 0 aliphatic carbocycles. The van der Waals surface area contributed by atoms with Crippen LogP contribution in [0.4, 0.5) is 4.39 Å². The number of likely N-dealkylation sites (tertiary alicyclic amines) is 1. The monoisotopic (exact) mass is 265 g/mol. The molecule has 1 N–H and O–H groups in total. The van der Waals surface area contributed by atoms with E-state index in [0.717, 1.165) is 25.6 Å². The Bertz CT molecular complexity index is 409. The quantitative estimate of drug-likeness (QED) is 0.903. The first-order valence-electron chi connectivity index (χ1n) is 7.22. The normalized spacial score (nSPS) is 24.1. The fraction of sp³-hybridized carbons (Fsp3) is 0.625. The van der Waals surface area contributed by atoms with Crippen molar-refractivity contribution in [2.75, 3.05) is 19.6 Å². The first-order valence-corrected chi connectivity index (χ1v) is 7.22. The minimum absolute atomic E-state index is 0.0437. The van der Waals surface area contributed by atoms with Gasteiger partial charge in [-0.25, -0.2) is 4.39 Å². The summed E-state index contributed by atoms with van der Waals surface area (Å²) >= 11 is 0. The summed E-state index contributed by atoms with van der Waals surface area (Å²) in [4.78, 5) is 2.39. The van der Waals surface area contributed by atoms with Crippen LogP contribution in [0.5, 0.6) is 0 Å². The van der Waals surface area contributed by atoms with Crippen LogP contribution in [0, 0.1) is 17.7 Å². The van der Waals surface area contributed by atoms with Gasteiger partial charge in [0.2, 0.25) is 0 Å². The molecule has 1 heterocycles. The molecular weight excluding hydrogens is 241 g/mol. The molecule has 0 amide bonds. The van der Waals surface area contributed by atoms with Crippen molar-refractivity contribution in [2.45, 2.75) is 32.8 Å². The zero-order valence-electron chi connectivity index (χ0n) is 11.8. The molecule has 0 aromatic heterocycles. The molecule has 0 saturated carbocycles. The zero-order chi connectivity index (χ0) is 13.8. The highest BCUT2D eigenvalue weighted by Gasteiger charge is 2.24. The molecule has 106 valence electrons. The lowest BCUT2D eigenvalue weighted by molar-refractivity contribution is 0.0716. The van der Waals surface area contributed by atoms with E-state index < -0.39 is 6.10 Å². The lowest BCUT2D eigenvalue weighted by atomic mass is 9.94. The zero-order valence-corrected chi connectivity index (χ0v) is 11.8. The summed E-state index contributed by atoms with van der Waals surface area (Å²) in [5.74, 6) is 0.461. The van der Waals surface area contributed by atoms with Crippen LogP contribution in [-0.4, -0.2) is 29.6 Å². The summed E-state index contributed by atoms with van der Waals surface area (Å²) in [5.41, 5.74) is 0.417. The summed E-state index contributed by atoms with van der Waals surface area (Å²) in [6.45, 7) is 7.29. The average Bonchev–Trinajstić information content (AvgIpc) is 2.38. The largest absolute Gasteiger partial charge is 0.388 e. The standard InChI is InChI=1S/C16H24FNO/c1-12-6-5-9-18(10-12)11-13(2)16(19)14-7-3-4-8-15(14)17/h3-4,7-8,12-13,16,19H,5-6,9-11H2,1-2H3. The average molecular weight is 265 g/mol. The Hall–Kier alpha value is -0.930. The summed E-state index contributed by atoms with van der Waals surface area (Å²) < 4.78 is 13.7. The number of aliphatic hydroxyl groups is 1. The third kappa shape index (κ3) is 3.77. The number of hydrogen-bond donors (Lipinski definition) is 1. The smallest absolute Gasteiger partial charge is 0.129 e. The summed E-state index contributed by atoms with van der Waals surface area (Å²) in [6, 6.07) is 6.52.